The maximum Gasteiger partial charge on any atom is 0.224 e. The van der Waals surface area contributed by atoms with Crippen LogP contribution in [0, 0.1) is 0 Å². The molecule has 0 atom stereocenters. The van der Waals surface area contributed by atoms with E-state index in [9.17, 15) is 4.79 Å². The summed E-state index contributed by atoms with van der Waals surface area (Å²) >= 11 is 1.80. The van der Waals surface area contributed by atoms with Crippen LogP contribution in [-0.4, -0.2) is 23.3 Å². The molecule has 3 rings (SSSR count). The average molecular weight is 565 g/mol. The summed E-state index contributed by atoms with van der Waals surface area (Å²) in [5.74, 6) is 1.91. The molecular formula is C35H52N2O2S. The quantitative estimate of drug-likeness (QED) is 0.141. The first-order chi connectivity index (χ1) is 19.7. The van der Waals surface area contributed by atoms with Crippen molar-refractivity contribution in [3.8, 4) is 5.75 Å². The Balaban J connectivity index is 1.31. The number of anilines is 1. The van der Waals surface area contributed by atoms with Crippen LogP contribution in [0.2, 0.25) is 0 Å². The standard InChI is InChI=1S/C35H52N2O2S/c1-3-4-5-6-7-8-9-10-11-12-13-14-15-16-24-39-35-22-18-20-33(27-35)29-37(31(2)38)34-21-17-19-32(26-34)28-36-23-25-40-30-36/h17-23,25-27H,3-16,24,28-30H2,1-2H3. The number of ether oxygens (including phenoxy) is 1. The molecule has 0 aromatic heterocycles. The van der Waals surface area contributed by atoms with Crippen LogP contribution < -0.4 is 9.64 Å². The van der Waals surface area contributed by atoms with Crippen LogP contribution in [0.1, 0.15) is 115 Å². The van der Waals surface area contributed by atoms with Gasteiger partial charge in [0.25, 0.3) is 0 Å². The number of benzene rings is 2. The number of carbonyl (C=O) groups excluding carboxylic acids is 1. The number of hydrogen-bond acceptors (Lipinski definition) is 4. The molecule has 2 aromatic carbocycles. The largest absolute Gasteiger partial charge is 0.494 e. The van der Waals surface area contributed by atoms with E-state index in [0.29, 0.717) is 6.54 Å². The van der Waals surface area contributed by atoms with Crippen molar-refractivity contribution in [2.75, 3.05) is 17.4 Å². The highest BCUT2D eigenvalue weighted by Gasteiger charge is 2.14. The van der Waals surface area contributed by atoms with Crippen molar-refractivity contribution in [1.82, 2.24) is 4.90 Å². The third kappa shape index (κ3) is 12.8. The molecular weight excluding hydrogens is 512 g/mol. The third-order valence-electron chi connectivity index (χ3n) is 7.60. The normalized spacial score (nSPS) is 12.7. The van der Waals surface area contributed by atoms with Crippen molar-refractivity contribution in [3.63, 3.8) is 0 Å². The van der Waals surface area contributed by atoms with Crippen molar-refractivity contribution in [1.29, 1.82) is 0 Å². The summed E-state index contributed by atoms with van der Waals surface area (Å²) in [5, 5.41) is 2.13. The summed E-state index contributed by atoms with van der Waals surface area (Å²) in [6.07, 6.45) is 21.2. The summed E-state index contributed by atoms with van der Waals surface area (Å²) in [4.78, 5) is 16.7. The summed E-state index contributed by atoms with van der Waals surface area (Å²) in [6.45, 7) is 6.07. The fourth-order valence-electron chi connectivity index (χ4n) is 5.25. The Morgan fingerprint density at radius 2 is 1.45 bits per heavy atom. The van der Waals surface area contributed by atoms with Gasteiger partial charge in [0.1, 0.15) is 5.75 Å². The molecule has 0 bridgehead atoms. The second-order valence-electron chi connectivity index (χ2n) is 11.2. The Labute approximate surface area is 248 Å². The van der Waals surface area contributed by atoms with E-state index in [1.807, 2.05) is 29.2 Å². The van der Waals surface area contributed by atoms with E-state index in [1.165, 1.54) is 89.0 Å². The summed E-state index contributed by atoms with van der Waals surface area (Å²) in [6, 6.07) is 16.5. The summed E-state index contributed by atoms with van der Waals surface area (Å²) in [5.41, 5.74) is 3.23. The molecule has 0 saturated heterocycles. The van der Waals surface area contributed by atoms with Crippen molar-refractivity contribution in [3.05, 3.63) is 71.3 Å². The Morgan fingerprint density at radius 3 is 2.08 bits per heavy atom. The molecule has 4 nitrogen and oxygen atoms in total. The second-order valence-corrected chi connectivity index (χ2v) is 12.1. The Kier molecular flexibility index (Phi) is 15.8. The third-order valence-corrected chi connectivity index (χ3v) is 8.40. The van der Waals surface area contributed by atoms with Crippen LogP contribution in [0.5, 0.6) is 5.75 Å². The minimum Gasteiger partial charge on any atom is -0.494 e. The zero-order valence-electron chi connectivity index (χ0n) is 25.1. The number of rotatable bonds is 21. The Morgan fingerprint density at radius 1 is 0.825 bits per heavy atom. The molecule has 40 heavy (non-hydrogen) atoms. The number of nitrogens with zero attached hydrogens (tertiary/aromatic N) is 2. The molecule has 0 N–H and O–H groups in total. The monoisotopic (exact) mass is 564 g/mol. The number of carbonyl (C=O) groups is 1. The van der Waals surface area contributed by atoms with E-state index < -0.39 is 0 Å². The second kappa shape index (κ2) is 19.6. The van der Waals surface area contributed by atoms with Gasteiger partial charge in [-0.2, -0.15) is 0 Å². The topological polar surface area (TPSA) is 32.8 Å². The molecule has 1 amide bonds. The highest BCUT2D eigenvalue weighted by Crippen LogP contribution is 2.24. The van der Waals surface area contributed by atoms with E-state index in [0.717, 1.165) is 42.4 Å². The molecule has 0 aliphatic carbocycles. The van der Waals surface area contributed by atoms with Gasteiger partial charge in [-0.05, 0) is 47.2 Å². The maximum atomic E-state index is 12.6. The first-order valence-corrected chi connectivity index (χ1v) is 16.8. The minimum atomic E-state index is 0.0440. The minimum absolute atomic E-state index is 0.0440. The highest BCUT2D eigenvalue weighted by atomic mass is 32.2. The lowest BCUT2D eigenvalue weighted by molar-refractivity contribution is -0.116. The van der Waals surface area contributed by atoms with Crippen LogP contribution in [0.3, 0.4) is 0 Å². The van der Waals surface area contributed by atoms with E-state index in [-0.39, 0.29) is 5.91 Å². The van der Waals surface area contributed by atoms with Crippen LogP contribution in [0.15, 0.2) is 60.1 Å². The SMILES string of the molecule is CCCCCCCCCCCCCCCCOc1cccc(CN(C(C)=O)c2cccc(CN3C=CSC3)c2)c1. The number of unbranched alkanes of at least 4 members (excludes halogenated alkanes) is 13. The molecule has 0 saturated carbocycles. The molecule has 1 heterocycles. The fraction of sp³-hybridized carbons (Fsp3) is 0.571. The van der Waals surface area contributed by atoms with Gasteiger partial charge < -0.3 is 14.5 Å². The van der Waals surface area contributed by atoms with E-state index in [1.54, 1.807) is 18.7 Å². The average Bonchev–Trinajstić information content (AvgIpc) is 3.47. The van der Waals surface area contributed by atoms with Gasteiger partial charge in [-0.3, -0.25) is 4.79 Å². The van der Waals surface area contributed by atoms with Crippen LogP contribution in [0.25, 0.3) is 0 Å². The van der Waals surface area contributed by atoms with Crippen molar-refractivity contribution >= 4 is 23.4 Å². The molecule has 220 valence electrons. The molecule has 1 aliphatic rings. The number of amides is 1. The molecule has 5 heteroatoms. The van der Waals surface area contributed by atoms with E-state index in [2.05, 4.69) is 47.7 Å². The van der Waals surface area contributed by atoms with Gasteiger partial charge >= 0.3 is 0 Å². The Bertz CT molecular complexity index is 1010. The van der Waals surface area contributed by atoms with Crippen molar-refractivity contribution in [2.45, 2.75) is 117 Å². The van der Waals surface area contributed by atoms with Crippen LogP contribution in [0.4, 0.5) is 5.69 Å². The molecule has 0 unspecified atom stereocenters. The first kappa shape index (κ1) is 32.1. The van der Waals surface area contributed by atoms with Gasteiger partial charge in [0.2, 0.25) is 5.91 Å². The fourth-order valence-corrected chi connectivity index (χ4v) is 5.97. The maximum absolute atomic E-state index is 12.6. The van der Waals surface area contributed by atoms with Crippen molar-refractivity contribution in [2.24, 2.45) is 0 Å². The van der Waals surface area contributed by atoms with Gasteiger partial charge in [0.05, 0.1) is 19.0 Å². The predicted octanol–water partition coefficient (Wildman–Crippen LogP) is 10.1. The summed E-state index contributed by atoms with van der Waals surface area (Å²) in [7, 11) is 0. The van der Waals surface area contributed by atoms with Crippen LogP contribution >= 0.6 is 11.8 Å². The van der Waals surface area contributed by atoms with Gasteiger partial charge in [0, 0.05) is 25.4 Å². The van der Waals surface area contributed by atoms with Crippen molar-refractivity contribution < 1.29 is 9.53 Å². The van der Waals surface area contributed by atoms with Gasteiger partial charge in [-0.25, -0.2) is 0 Å². The van der Waals surface area contributed by atoms with Gasteiger partial charge in [-0.1, -0.05) is 115 Å². The molecule has 0 spiro atoms. The summed E-state index contributed by atoms with van der Waals surface area (Å²) < 4.78 is 6.08. The lowest BCUT2D eigenvalue weighted by Crippen LogP contribution is -2.28. The van der Waals surface area contributed by atoms with E-state index >= 15 is 0 Å². The smallest absolute Gasteiger partial charge is 0.224 e. The highest BCUT2D eigenvalue weighted by molar-refractivity contribution is 8.02. The molecule has 2 aromatic rings. The molecule has 0 fully saturated rings. The number of hydrogen-bond donors (Lipinski definition) is 0. The Hall–Kier alpha value is -2.40. The van der Waals surface area contributed by atoms with Crippen LogP contribution in [-0.2, 0) is 17.9 Å². The number of thioether (sulfide) groups is 1. The van der Waals surface area contributed by atoms with E-state index in [4.69, 9.17) is 4.74 Å². The zero-order valence-corrected chi connectivity index (χ0v) is 25.9. The molecule has 1 aliphatic heterocycles. The lowest BCUT2D eigenvalue weighted by atomic mass is 10.0. The first-order valence-electron chi connectivity index (χ1n) is 15.8. The lowest BCUT2D eigenvalue weighted by Gasteiger charge is -2.23. The predicted molar refractivity (Wildman–Crippen MR) is 173 cm³/mol. The van der Waals surface area contributed by atoms with Gasteiger partial charge in [0.15, 0.2) is 0 Å². The van der Waals surface area contributed by atoms with Gasteiger partial charge in [-0.15, -0.1) is 11.8 Å². The molecule has 0 radical (unpaired) electrons. The zero-order chi connectivity index (χ0) is 28.3.